The first-order chi connectivity index (χ1) is 5.22. The molecule has 0 aromatic rings. The van der Waals surface area contributed by atoms with Gasteiger partial charge in [0.05, 0.1) is 0 Å². The summed E-state index contributed by atoms with van der Waals surface area (Å²) >= 11 is 0. The number of aliphatic carboxylic acids is 1. The van der Waals surface area contributed by atoms with Gasteiger partial charge in [0.1, 0.15) is 5.92 Å². The summed E-state index contributed by atoms with van der Waals surface area (Å²) in [5, 5.41) is 8.63. The van der Waals surface area contributed by atoms with Crippen molar-refractivity contribution in [2.45, 2.75) is 33.1 Å². The van der Waals surface area contributed by atoms with E-state index in [4.69, 9.17) is 5.11 Å². The zero-order chi connectivity index (χ0) is 8.69. The highest BCUT2D eigenvalue weighted by atomic mass is 16.4. The van der Waals surface area contributed by atoms with Crippen molar-refractivity contribution < 1.29 is 9.90 Å². The Morgan fingerprint density at radius 3 is 2.55 bits per heavy atom. The van der Waals surface area contributed by atoms with Crippen LogP contribution in [0.15, 0.2) is 0 Å². The lowest BCUT2D eigenvalue weighted by atomic mass is 10.1. The second-order valence-electron chi connectivity index (χ2n) is 2.35. The summed E-state index contributed by atoms with van der Waals surface area (Å²) in [6.45, 7) is 3.88. The summed E-state index contributed by atoms with van der Waals surface area (Å²) in [5.74, 6) is 4.25. The van der Waals surface area contributed by atoms with E-state index in [2.05, 4.69) is 11.8 Å². The van der Waals surface area contributed by atoms with E-state index in [-0.39, 0.29) is 0 Å². The summed E-state index contributed by atoms with van der Waals surface area (Å²) in [7, 11) is 0. The van der Waals surface area contributed by atoms with Gasteiger partial charge in [0.2, 0.25) is 0 Å². The predicted molar refractivity (Wildman–Crippen MR) is 44.1 cm³/mol. The first-order valence-electron chi connectivity index (χ1n) is 3.93. The Kier molecular flexibility index (Phi) is 5.28. The Morgan fingerprint density at radius 1 is 1.55 bits per heavy atom. The standard InChI is InChI=1S/C9H14O2/c1-3-5-7-8(6-4-2)9(10)11/h8H,3-4,6H2,1-2H3,(H,10,11). The van der Waals surface area contributed by atoms with Gasteiger partial charge in [0, 0.05) is 6.42 Å². The molecule has 0 saturated heterocycles. The highest BCUT2D eigenvalue weighted by Gasteiger charge is 2.11. The highest BCUT2D eigenvalue weighted by Crippen LogP contribution is 2.04. The molecule has 0 rings (SSSR count). The molecular formula is C9H14O2. The van der Waals surface area contributed by atoms with Crippen LogP contribution >= 0.6 is 0 Å². The van der Waals surface area contributed by atoms with Crippen LogP contribution in [0, 0.1) is 17.8 Å². The number of carboxylic acids is 1. The smallest absolute Gasteiger partial charge is 0.318 e. The normalized spacial score (nSPS) is 11.5. The Bertz CT molecular complexity index is 174. The summed E-state index contributed by atoms with van der Waals surface area (Å²) in [6.07, 6.45) is 2.26. The minimum Gasteiger partial charge on any atom is -0.480 e. The van der Waals surface area contributed by atoms with Gasteiger partial charge in [0.25, 0.3) is 0 Å². The predicted octanol–water partition coefficient (Wildman–Crippen LogP) is 1.90. The lowest BCUT2D eigenvalue weighted by Crippen LogP contribution is -2.10. The molecule has 0 bridgehead atoms. The first kappa shape index (κ1) is 10.0. The molecule has 2 heteroatoms. The van der Waals surface area contributed by atoms with Crippen LogP contribution in [0.4, 0.5) is 0 Å². The third-order valence-electron chi connectivity index (χ3n) is 1.33. The molecule has 2 nitrogen and oxygen atoms in total. The van der Waals surface area contributed by atoms with Gasteiger partial charge in [-0.15, -0.1) is 5.92 Å². The van der Waals surface area contributed by atoms with Crippen molar-refractivity contribution in [3.05, 3.63) is 0 Å². The van der Waals surface area contributed by atoms with Crippen LogP contribution in [0.3, 0.4) is 0 Å². The van der Waals surface area contributed by atoms with Crippen molar-refractivity contribution >= 4 is 5.97 Å². The molecule has 1 N–H and O–H groups in total. The number of carbonyl (C=O) groups is 1. The summed E-state index contributed by atoms with van der Waals surface area (Å²) in [5.41, 5.74) is 0. The van der Waals surface area contributed by atoms with E-state index in [0.717, 1.165) is 12.8 Å². The first-order valence-corrected chi connectivity index (χ1v) is 3.93. The fourth-order valence-electron chi connectivity index (χ4n) is 0.771. The molecule has 0 spiro atoms. The van der Waals surface area contributed by atoms with Gasteiger partial charge in [-0.05, 0) is 6.42 Å². The molecule has 0 amide bonds. The largest absolute Gasteiger partial charge is 0.480 e. The second-order valence-corrected chi connectivity index (χ2v) is 2.35. The molecule has 0 radical (unpaired) electrons. The molecule has 0 aliphatic rings. The van der Waals surface area contributed by atoms with Crippen molar-refractivity contribution in [2.24, 2.45) is 5.92 Å². The minimum atomic E-state index is -0.798. The van der Waals surface area contributed by atoms with E-state index in [1.165, 1.54) is 0 Å². The van der Waals surface area contributed by atoms with E-state index in [1.807, 2.05) is 13.8 Å². The van der Waals surface area contributed by atoms with Gasteiger partial charge in [-0.1, -0.05) is 26.2 Å². The van der Waals surface area contributed by atoms with E-state index in [0.29, 0.717) is 6.42 Å². The van der Waals surface area contributed by atoms with Crippen LogP contribution in [0.2, 0.25) is 0 Å². The molecule has 0 aromatic carbocycles. The van der Waals surface area contributed by atoms with Crippen molar-refractivity contribution in [3.63, 3.8) is 0 Å². The monoisotopic (exact) mass is 154 g/mol. The zero-order valence-corrected chi connectivity index (χ0v) is 7.05. The Balaban J connectivity index is 3.99. The minimum absolute atomic E-state index is 0.458. The van der Waals surface area contributed by atoms with Crippen LogP contribution in [0.1, 0.15) is 33.1 Å². The molecule has 1 atom stereocenters. The average Bonchev–Trinajstić information content (AvgIpc) is 1.97. The molecule has 0 aromatic heterocycles. The van der Waals surface area contributed by atoms with Gasteiger partial charge < -0.3 is 5.11 Å². The fourth-order valence-corrected chi connectivity index (χ4v) is 0.771. The van der Waals surface area contributed by atoms with E-state index in [1.54, 1.807) is 0 Å². The lowest BCUT2D eigenvalue weighted by Gasteiger charge is -2.00. The van der Waals surface area contributed by atoms with Crippen LogP contribution in [0.5, 0.6) is 0 Å². The molecular weight excluding hydrogens is 140 g/mol. The van der Waals surface area contributed by atoms with Crippen molar-refractivity contribution in [2.75, 3.05) is 0 Å². The van der Waals surface area contributed by atoms with Crippen LogP contribution in [0.25, 0.3) is 0 Å². The summed E-state index contributed by atoms with van der Waals surface area (Å²) in [4.78, 5) is 10.5. The molecule has 0 heterocycles. The molecule has 0 fully saturated rings. The summed E-state index contributed by atoms with van der Waals surface area (Å²) in [6, 6.07) is 0. The third-order valence-corrected chi connectivity index (χ3v) is 1.33. The zero-order valence-electron chi connectivity index (χ0n) is 7.05. The van der Waals surface area contributed by atoms with Crippen molar-refractivity contribution in [3.8, 4) is 11.8 Å². The Labute approximate surface area is 67.6 Å². The van der Waals surface area contributed by atoms with Crippen LogP contribution < -0.4 is 0 Å². The maximum absolute atomic E-state index is 10.5. The third kappa shape index (κ3) is 4.44. The quantitative estimate of drug-likeness (QED) is 0.630. The SMILES string of the molecule is CCC#CC(CCC)C(=O)O. The van der Waals surface area contributed by atoms with E-state index >= 15 is 0 Å². The van der Waals surface area contributed by atoms with Gasteiger partial charge in [-0.25, -0.2) is 0 Å². The Hall–Kier alpha value is -0.970. The van der Waals surface area contributed by atoms with E-state index in [9.17, 15) is 4.79 Å². The van der Waals surface area contributed by atoms with Crippen LogP contribution in [-0.2, 0) is 4.79 Å². The average molecular weight is 154 g/mol. The van der Waals surface area contributed by atoms with Gasteiger partial charge in [-0.3, -0.25) is 4.79 Å². The maximum Gasteiger partial charge on any atom is 0.318 e. The molecule has 0 aliphatic carbocycles. The Morgan fingerprint density at radius 2 is 2.18 bits per heavy atom. The van der Waals surface area contributed by atoms with E-state index < -0.39 is 11.9 Å². The fraction of sp³-hybridized carbons (Fsp3) is 0.667. The van der Waals surface area contributed by atoms with Gasteiger partial charge >= 0.3 is 5.97 Å². The number of rotatable bonds is 3. The van der Waals surface area contributed by atoms with Crippen molar-refractivity contribution in [1.29, 1.82) is 0 Å². The molecule has 62 valence electrons. The summed E-state index contributed by atoms with van der Waals surface area (Å²) < 4.78 is 0. The highest BCUT2D eigenvalue weighted by molar-refractivity contribution is 5.73. The number of hydrogen-bond acceptors (Lipinski definition) is 1. The maximum atomic E-state index is 10.5. The molecule has 0 aliphatic heterocycles. The molecule has 11 heavy (non-hydrogen) atoms. The molecule has 0 saturated carbocycles. The topological polar surface area (TPSA) is 37.3 Å². The lowest BCUT2D eigenvalue weighted by molar-refractivity contribution is -0.139. The number of hydrogen-bond donors (Lipinski definition) is 1. The van der Waals surface area contributed by atoms with Gasteiger partial charge in [-0.2, -0.15) is 0 Å². The van der Waals surface area contributed by atoms with Gasteiger partial charge in [0.15, 0.2) is 0 Å². The van der Waals surface area contributed by atoms with Crippen LogP contribution in [-0.4, -0.2) is 11.1 Å². The number of carboxylic acid groups (broad SMARTS) is 1. The van der Waals surface area contributed by atoms with Crippen molar-refractivity contribution in [1.82, 2.24) is 0 Å². The molecule has 1 unspecified atom stereocenters. The second kappa shape index (κ2) is 5.79.